The van der Waals surface area contributed by atoms with Crippen molar-refractivity contribution >= 4 is 55.6 Å². The highest BCUT2D eigenvalue weighted by Crippen LogP contribution is 2.44. The van der Waals surface area contributed by atoms with Gasteiger partial charge in [-0.2, -0.15) is 0 Å². The van der Waals surface area contributed by atoms with Gasteiger partial charge in [-0.1, -0.05) is 170 Å². The summed E-state index contributed by atoms with van der Waals surface area (Å²) < 4.78 is 5.05. The largest absolute Gasteiger partial charge is 0.340 e. The lowest BCUT2D eigenvalue weighted by Gasteiger charge is -2.33. The molecule has 0 N–H and O–H groups in total. The highest BCUT2D eigenvalue weighted by Gasteiger charge is 2.27. The predicted molar refractivity (Wildman–Crippen MR) is 297 cm³/mol. The zero-order valence-corrected chi connectivity index (χ0v) is 39.2. The van der Waals surface area contributed by atoms with E-state index >= 15 is 0 Å². The highest BCUT2D eigenvalue weighted by atomic mass is 15.1. The molecule has 0 bridgehead atoms. The molecule has 3 heterocycles. The van der Waals surface area contributed by atoms with Crippen molar-refractivity contribution in [2.24, 2.45) is 0 Å². The van der Waals surface area contributed by atoms with E-state index in [0.717, 1.165) is 35.2 Å². The zero-order chi connectivity index (χ0) is 46.7. The SMILES string of the molecule is C=C1/C=C(c2ccccc2)\C=C/N(C2C=CC(C)=CC2)c2ccc(-c3ccc4c(c3)c3cc(-c5ccccc5)ccc3n4C3C=Cc4c(c5cc(-c6ccccc6)ccc5n4-c4ccccc4)C3)cc21. The van der Waals surface area contributed by atoms with Crippen molar-refractivity contribution in [3.8, 4) is 39.1 Å². The van der Waals surface area contributed by atoms with E-state index in [2.05, 4.69) is 264 Å². The molecule has 0 spiro atoms. The van der Waals surface area contributed by atoms with E-state index in [1.165, 1.54) is 94.2 Å². The molecule has 2 unspecified atom stereocenters. The number of anilines is 1. The molecule has 1 aliphatic heterocycles. The molecule has 10 aromatic rings. The molecule has 3 nitrogen and oxygen atoms in total. The Labute approximate surface area is 409 Å². The number of hydrogen-bond donors (Lipinski definition) is 0. The normalized spacial score (nSPS) is 17.7. The van der Waals surface area contributed by atoms with E-state index in [-0.39, 0.29) is 12.1 Å². The molecule has 0 fully saturated rings. The van der Waals surface area contributed by atoms with E-state index in [1.807, 2.05) is 0 Å². The average molecular weight is 898 g/mol. The van der Waals surface area contributed by atoms with Gasteiger partial charge in [0.1, 0.15) is 0 Å². The summed E-state index contributed by atoms with van der Waals surface area (Å²) in [5, 5.41) is 3.80. The molecule has 3 heteroatoms. The number of aromatic nitrogens is 2. The van der Waals surface area contributed by atoms with E-state index in [1.54, 1.807) is 0 Å². The van der Waals surface area contributed by atoms with Gasteiger partial charge in [-0.25, -0.2) is 0 Å². The van der Waals surface area contributed by atoms with E-state index in [4.69, 9.17) is 6.58 Å². The molecule has 0 radical (unpaired) electrons. The van der Waals surface area contributed by atoms with Gasteiger partial charge in [-0.15, -0.1) is 0 Å². The molecule has 0 amide bonds. The van der Waals surface area contributed by atoms with Gasteiger partial charge in [-0.3, -0.25) is 0 Å². The Balaban J connectivity index is 0.959. The smallest absolute Gasteiger partial charge is 0.0567 e. The topological polar surface area (TPSA) is 13.1 Å². The summed E-state index contributed by atoms with van der Waals surface area (Å²) in [6.45, 7) is 6.92. The Kier molecular flexibility index (Phi) is 10.2. The van der Waals surface area contributed by atoms with Gasteiger partial charge in [0.15, 0.2) is 0 Å². The number of hydrogen-bond acceptors (Lipinski definition) is 1. The van der Waals surface area contributed by atoms with Crippen molar-refractivity contribution in [3.05, 3.63) is 271 Å². The molecule has 0 saturated carbocycles. The van der Waals surface area contributed by atoms with Crippen LogP contribution in [0.4, 0.5) is 5.69 Å². The van der Waals surface area contributed by atoms with Crippen LogP contribution in [0.1, 0.15) is 41.8 Å². The molecular formula is C67H51N3. The second-order valence-corrected chi connectivity index (χ2v) is 19.0. The molecule has 3 aliphatic rings. The minimum absolute atomic E-state index is 0.0907. The first-order valence-electron chi connectivity index (χ1n) is 24.5. The maximum Gasteiger partial charge on any atom is 0.0567 e. The predicted octanol–water partition coefficient (Wildman–Crippen LogP) is 17.3. The molecule has 2 aromatic heterocycles. The summed E-state index contributed by atoms with van der Waals surface area (Å²) in [4.78, 5) is 2.43. The first kappa shape index (κ1) is 41.5. The van der Waals surface area contributed by atoms with Gasteiger partial charge in [-0.05, 0) is 154 Å². The minimum atomic E-state index is 0.0907. The highest BCUT2D eigenvalue weighted by molar-refractivity contribution is 6.11. The van der Waals surface area contributed by atoms with E-state index in [0.29, 0.717) is 0 Å². The summed E-state index contributed by atoms with van der Waals surface area (Å²) in [6.07, 6.45) is 20.3. The Bertz CT molecular complexity index is 3840. The monoisotopic (exact) mass is 897 g/mol. The average Bonchev–Trinajstić information content (AvgIpc) is 3.92. The second kappa shape index (κ2) is 17.1. The minimum Gasteiger partial charge on any atom is -0.340 e. The standard InChI is InChI=1S/C67H51N3/c1-45-23-29-55(30-24-45)68-38-37-54(49-19-11-5-12-20-49)39-46(2)58-40-52(25-32-63(58)68)53-28-35-66-60(43-53)59-41-50(47-15-7-3-8-16-47)27-34-65(59)70(66)57-31-36-67-62(44-57)61-42-51(48-17-9-4-10-18-48)26-33-64(61)69(67)56-21-13-6-14-22-56/h3-29,31-43,55,57H,2,30,44H2,1H3/b38-37-,54-39+. The fraction of sp³-hybridized carbons (Fsp3) is 0.0746. The van der Waals surface area contributed by atoms with Crippen molar-refractivity contribution in [2.75, 3.05) is 4.90 Å². The maximum atomic E-state index is 4.74. The molecule has 13 rings (SSSR count). The third kappa shape index (κ3) is 7.21. The molecule has 2 atom stereocenters. The molecule has 0 saturated heterocycles. The van der Waals surface area contributed by atoms with Crippen LogP contribution >= 0.6 is 0 Å². The van der Waals surface area contributed by atoms with Crippen molar-refractivity contribution in [1.29, 1.82) is 0 Å². The van der Waals surface area contributed by atoms with Crippen LogP contribution in [0.3, 0.4) is 0 Å². The third-order valence-corrected chi connectivity index (χ3v) is 14.8. The van der Waals surface area contributed by atoms with Crippen LogP contribution in [0, 0.1) is 0 Å². The molecular weight excluding hydrogens is 847 g/mol. The number of benzene rings is 8. The molecule has 8 aromatic carbocycles. The summed E-state index contributed by atoms with van der Waals surface area (Å²) in [7, 11) is 0. The van der Waals surface area contributed by atoms with Crippen LogP contribution < -0.4 is 4.90 Å². The van der Waals surface area contributed by atoms with Crippen molar-refractivity contribution in [3.63, 3.8) is 0 Å². The maximum absolute atomic E-state index is 4.74. The molecule has 70 heavy (non-hydrogen) atoms. The van der Waals surface area contributed by atoms with Crippen LogP contribution in [0.15, 0.2) is 249 Å². The molecule has 2 aliphatic carbocycles. The number of rotatable bonds is 7. The Morgan fingerprint density at radius 3 is 1.66 bits per heavy atom. The lowest BCUT2D eigenvalue weighted by atomic mass is 9.92. The lowest BCUT2D eigenvalue weighted by molar-refractivity contribution is 0.636. The first-order chi connectivity index (χ1) is 34.5. The zero-order valence-electron chi connectivity index (χ0n) is 39.2. The van der Waals surface area contributed by atoms with E-state index in [9.17, 15) is 0 Å². The summed E-state index contributed by atoms with van der Waals surface area (Å²) in [5.41, 5.74) is 21.7. The quantitative estimate of drug-likeness (QED) is 0.155. The van der Waals surface area contributed by atoms with Gasteiger partial charge >= 0.3 is 0 Å². The van der Waals surface area contributed by atoms with E-state index < -0.39 is 0 Å². The summed E-state index contributed by atoms with van der Waals surface area (Å²) in [6, 6.07) is 71.5. The van der Waals surface area contributed by atoms with Gasteiger partial charge in [0.05, 0.1) is 17.6 Å². The van der Waals surface area contributed by atoms with Gasteiger partial charge in [0, 0.05) is 56.0 Å². The van der Waals surface area contributed by atoms with Gasteiger partial charge < -0.3 is 14.0 Å². The summed E-state index contributed by atoms with van der Waals surface area (Å²) >= 11 is 0. The van der Waals surface area contributed by atoms with Gasteiger partial charge in [0.25, 0.3) is 0 Å². The fourth-order valence-corrected chi connectivity index (χ4v) is 11.3. The fourth-order valence-electron chi connectivity index (χ4n) is 11.3. The Morgan fingerprint density at radius 1 is 0.486 bits per heavy atom. The van der Waals surface area contributed by atoms with Crippen LogP contribution in [0.5, 0.6) is 0 Å². The first-order valence-corrected chi connectivity index (χ1v) is 24.5. The van der Waals surface area contributed by atoms with Crippen molar-refractivity contribution in [1.82, 2.24) is 9.13 Å². The number of para-hydroxylation sites is 1. The van der Waals surface area contributed by atoms with Crippen LogP contribution in [0.2, 0.25) is 0 Å². The number of nitrogens with zero attached hydrogens (tertiary/aromatic N) is 3. The van der Waals surface area contributed by atoms with Crippen molar-refractivity contribution < 1.29 is 0 Å². The molecule has 334 valence electrons. The third-order valence-electron chi connectivity index (χ3n) is 14.8. The lowest BCUT2D eigenvalue weighted by Crippen LogP contribution is -2.30. The number of fused-ring (bicyclic) bond motifs is 7. The van der Waals surface area contributed by atoms with Gasteiger partial charge in [0.2, 0.25) is 0 Å². The van der Waals surface area contributed by atoms with Crippen LogP contribution in [0.25, 0.3) is 89.0 Å². The second-order valence-electron chi connectivity index (χ2n) is 19.0. The summed E-state index contributed by atoms with van der Waals surface area (Å²) in [5.74, 6) is 0. The van der Waals surface area contributed by atoms with Crippen LogP contribution in [-0.4, -0.2) is 15.2 Å². The van der Waals surface area contributed by atoms with Crippen LogP contribution in [-0.2, 0) is 6.42 Å². The Hall–Kier alpha value is -8.66. The number of allylic oxidation sites excluding steroid dienone is 7. The van der Waals surface area contributed by atoms with Crippen molar-refractivity contribution in [2.45, 2.75) is 31.8 Å². The Morgan fingerprint density at radius 2 is 1.03 bits per heavy atom.